The van der Waals surface area contributed by atoms with Crippen LogP contribution in [0.1, 0.15) is 5.56 Å². The number of nitrogens with zero attached hydrogens (tertiary/aromatic N) is 1. The number of rotatable bonds is 7. The zero-order valence-electron chi connectivity index (χ0n) is 10.9. The van der Waals surface area contributed by atoms with Crippen molar-refractivity contribution in [3.8, 4) is 5.75 Å². The summed E-state index contributed by atoms with van der Waals surface area (Å²) in [5, 5.41) is 17.4. The van der Waals surface area contributed by atoms with E-state index in [1.54, 1.807) is 24.3 Å². The number of carboxylic acid groups (broad SMARTS) is 2. The van der Waals surface area contributed by atoms with Crippen LogP contribution in [0.25, 0.3) is 0 Å². The Hall–Kier alpha value is -2.57. The minimum atomic E-state index is -1.26. The summed E-state index contributed by atoms with van der Waals surface area (Å²) in [7, 11) is 1.45. The van der Waals surface area contributed by atoms with Gasteiger partial charge in [-0.15, -0.1) is 0 Å². The van der Waals surface area contributed by atoms with Crippen molar-refractivity contribution in [2.24, 2.45) is 0 Å². The number of para-hydroxylation sites is 1. The van der Waals surface area contributed by atoms with E-state index in [0.29, 0.717) is 11.3 Å². The molecule has 0 aliphatic rings. The average molecular weight is 281 g/mol. The minimum Gasteiger partial charge on any atom is -0.496 e. The average Bonchev–Trinajstić information content (AvgIpc) is 2.37. The normalized spacial score (nSPS) is 9.85. The Labute approximate surface area is 115 Å². The number of aliphatic carboxylic acids is 2. The molecular formula is C13H15NO6. The molecule has 0 heterocycles. The Morgan fingerprint density at radius 2 is 1.65 bits per heavy atom. The number of amides is 1. The van der Waals surface area contributed by atoms with Crippen LogP contribution in [0.4, 0.5) is 0 Å². The van der Waals surface area contributed by atoms with Gasteiger partial charge in [-0.1, -0.05) is 18.2 Å². The molecule has 1 aromatic carbocycles. The van der Waals surface area contributed by atoms with Gasteiger partial charge in [0, 0.05) is 5.56 Å². The van der Waals surface area contributed by atoms with Crippen LogP contribution >= 0.6 is 0 Å². The molecule has 0 atom stereocenters. The van der Waals surface area contributed by atoms with Crippen LogP contribution < -0.4 is 4.74 Å². The van der Waals surface area contributed by atoms with Crippen molar-refractivity contribution in [1.29, 1.82) is 0 Å². The van der Waals surface area contributed by atoms with Crippen LogP contribution in [-0.4, -0.2) is 53.2 Å². The Morgan fingerprint density at radius 3 is 2.15 bits per heavy atom. The van der Waals surface area contributed by atoms with E-state index in [-0.39, 0.29) is 6.42 Å². The molecular weight excluding hydrogens is 266 g/mol. The highest BCUT2D eigenvalue weighted by molar-refractivity contribution is 5.86. The van der Waals surface area contributed by atoms with Gasteiger partial charge in [-0.05, 0) is 6.07 Å². The van der Waals surface area contributed by atoms with Crippen molar-refractivity contribution < 1.29 is 29.3 Å². The lowest BCUT2D eigenvalue weighted by molar-refractivity contribution is -0.149. The van der Waals surface area contributed by atoms with Crippen LogP contribution in [0, 0.1) is 0 Å². The Bertz CT molecular complexity index is 497. The molecule has 7 heteroatoms. The van der Waals surface area contributed by atoms with Crippen LogP contribution in [0.5, 0.6) is 5.75 Å². The monoisotopic (exact) mass is 281 g/mol. The highest BCUT2D eigenvalue weighted by Gasteiger charge is 2.20. The first-order valence-corrected chi connectivity index (χ1v) is 5.77. The van der Waals surface area contributed by atoms with E-state index in [2.05, 4.69) is 0 Å². The molecule has 0 radical (unpaired) electrons. The van der Waals surface area contributed by atoms with Gasteiger partial charge in [0.25, 0.3) is 0 Å². The minimum absolute atomic E-state index is 0.120. The summed E-state index contributed by atoms with van der Waals surface area (Å²) < 4.78 is 5.08. The fourth-order valence-corrected chi connectivity index (χ4v) is 1.68. The quantitative estimate of drug-likeness (QED) is 0.741. The first kappa shape index (κ1) is 15.5. The number of hydrogen-bond acceptors (Lipinski definition) is 4. The van der Waals surface area contributed by atoms with E-state index in [1.807, 2.05) is 0 Å². The largest absolute Gasteiger partial charge is 0.496 e. The molecule has 0 unspecified atom stereocenters. The second-order valence-electron chi connectivity index (χ2n) is 4.03. The summed E-state index contributed by atoms with van der Waals surface area (Å²) in [5.41, 5.74) is 0.570. The lowest BCUT2D eigenvalue weighted by Crippen LogP contribution is -2.40. The highest BCUT2D eigenvalue weighted by Crippen LogP contribution is 2.18. The third-order valence-corrected chi connectivity index (χ3v) is 2.54. The summed E-state index contributed by atoms with van der Waals surface area (Å²) >= 11 is 0. The van der Waals surface area contributed by atoms with E-state index in [0.717, 1.165) is 4.90 Å². The van der Waals surface area contributed by atoms with Gasteiger partial charge < -0.3 is 19.8 Å². The molecule has 0 aromatic heterocycles. The molecule has 0 aliphatic carbocycles. The summed E-state index contributed by atoms with van der Waals surface area (Å²) in [6.07, 6.45) is -0.120. The molecule has 2 N–H and O–H groups in total. The lowest BCUT2D eigenvalue weighted by atomic mass is 10.1. The molecule has 20 heavy (non-hydrogen) atoms. The fraction of sp³-hybridized carbons (Fsp3) is 0.308. The van der Waals surface area contributed by atoms with Crippen molar-refractivity contribution in [3.63, 3.8) is 0 Å². The van der Waals surface area contributed by atoms with Gasteiger partial charge in [-0.2, -0.15) is 0 Å². The predicted octanol–water partition coefficient (Wildman–Crippen LogP) is 0.235. The maximum Gasteiger partial charge on any atom is 0.323 e. The number of ether oxygens (including phenoxy) is 1. The third kappa shape index (κ3) is 4.60. The Morgan fingerprint density at radius 1 is 1.10 bits per heavy atom. The van der Waals surface area contributed by atoms with E-state index in [4.69, 9.17) is 14.9 Å². The van der Waals surface area contributed by atoms with E-state index >= 15 is 0 Å². The molecule has 0 aliphatic heterocycles. The number of carbonyl (C=O) groups excluding carboxylic acids is 1. The second-order valence-corrected chi connectivity index (χ2v) is 4.03. The zero-order valence-corrected chi connectivity index (χ0v) is 10.9. The van der Waals surface area contributed by atoms with Gasteiger partial charge in [0.05, 0.1) is 13.5 Å². The van der Waals surface area contributed by atoms with Crippen molar-refractivity contribution >= 4 is 17.8 Å². The molecule has 0 bridgehead atoms. The zero-order chi connectivity index (χ0) is 15.1. The van der Waals surface area contributed by atoms with E-state index < -0.39 is 30.9 Å². The molecule has 1 rings (SSSR count). The van der Waals surface area contributed by atoms with Gasteiger partial charge in [-0.3, -0.25) is 14.4 Å². The van der Waals surface area contributed by atoms with Crippen molar-refractivity contribution in [3.05, 3.63) is 29.8 Å². The van der Waals surface area contributed by atoms with Crippen LogP contribution in [0.15, 0.2) is 24.3 Å². The number of benzene rings is 1. The lowest BCUT2D eigenvalue weighted by Gasteiger charge is -2.19. The van der Waals surface area contributed by atoms with Crippen molar-refractivity contribution in [2.75, 3.05) is 20.2 Å². The molecule has 0 fully saturated rings. The number of methoxy groups -OCH3 is 1. The fourth-order valence-electron chi connectivity index (χ4n) is 1.68. The maximum atomic E-state index is 12.0. The summed E-state index contributed by atoms with van der Waals surface area (Å²) in [5.74, 6) is -2.62. The van der Waals surface area contributed by atoms with Crippen LogP contribution in [0.2, 0.25) is 0 Å². The van der Waals surface area contributed by atoms with Crippen molar-refractivity contribution in [1.82, 2.24) is 4.90 Å². The van der Waals surface area contributed by atoms with E-state index in [9.17, 15) is 14.4 Å². The smallest absolute Gasteiger partial charge is 0.323 e. The van der Waals surface area contributed by atoms with Crippen molar-refractivity contribution in [2.45, 2.75) is 6.42 Å². The highest BCUT2D eigenvalue weighted by atomic mass is 16.5. The molecule has 0 spiro atoms. The van der Waals surface area contributed by atoms with E-state index in [1.165, 1.54) is 7.11 Å². The van der Waals surface area contributed by atoms with Gasteiger partial charge in [0.1, 0.15) is 18.8 Å². The molecule has 1 aromatic rings. The standard InChI is InChI=1S/C13H15NO6/c1-20-10-5-3-2-4-9(10)6-11(15)14(7-12(16)17)8-13(18)19/h2-5H,6-8H2,1H3,(H,16,17)(H,18,19). The van der Waals surface area contributed by atoms with Gasteiger partial charge in [0.15, 0.2) is 0 Å². The number of carboxylic acids is 2. The summed E-state index contributed by atoms with van der Waals surface area (Å²) in [6.45, 7) is -1.30. The first-order chi connectivity index (χ1) is 9.43. The maximum absolute atomic E-state index is 12.0. The predicted molar refractivity (Wildman–Crippen MR) is 68.5 cm³/mol. The van der Waals surface area contributed by atoms with Gasteiger partial charge >= 0.3 is 11.9 Å². The summed E-state index contributed by atoms with van der Waals surface area (Å²) in [6, 6.07) is 6.78. The van der Waals surface area contributed by atoms with Crippen LogP contribution in [-0.2, 0) is 20.8 Å². The Balaban J connectivity index is 2.84. The molecule has 0 saturated heterocycles. The number of carbonyl (C=O) groups is 3. The molecule has 1 amide bonds. The molecule has 0 saturated carbocycles. The SMILES string of the molecule is COc1ccccc1CC(=O)N(CC(=O)O)CC(=O)O. The van der Waals surface area contributed by atoms with Crippen LogP contribution in [0.3, 0.4) is 0 Å². The van der Waals surface area contributed by atoms with Gasteiger partial charge in [0.2, 0.25) is 5.91 Å². The number of hydrogen-bond donors (Lipinski definition) is 2. The topological polar surface area (TPSA) is 104 Å². The third-order valence-electron chi connectivity index (χ3n) is 2.54. The Kier molecular flexibility index (Phi) is 5.52. The van der Waals surface area contributed by atoms with Gasteiger partial charge in [-0.25, -0.2) is 0 Å². The second kappa shape index (κ2) is 7.13. The summed E-state index contributed by atoms with van der Waals surface area (Å²) in [4.78, 5) is 34.1. The first-order valence-electron chi connectivity index (χ1n) is 5.77. The molecule has 108 valence electrons. The molecule has 7 nitrogen and oxygen atoms in total.